The molecule has 0 aromatic heterocycles. The van der Waals surface area contributed by atoms with Crippen molar-refractivity contribution in [3.63, 3.8) is 0 Å². The lowest BCUT2D eigenvalue weighted by molar-refractivity contribution is 0.000750. The van der Waals surface area contributed by atoms with E-state index in [9.17, 15) is 5.11 Å². The predicted molar refractivity (Wildman–Crippen MR) is 137 cm³/mol. The number of rotatable bonds is 5. The Hall–Kier alpha value is -0.820. The molecule has 0 amide bonds. The van der Waals surface area contributed by atoms with Crippen LogP contribution in [0.15, 0.2) is 35.5 Å². The molecule has 0 aromatic carbocycles. The molecule has 0 heterocycles. The lowest BCUT2D eigenvalue weighted by atomic mass is 9.44. The third-order valence-electron chi connectivity index (χ3n) is 11.4. The first kappa shape index (κ1) is 24.3. The third kappa shape index (κ3) is 3.35. The molecule has 1 N–H and O–H groups in total. The Morgan fingerprint density at radius 1 is 1.06 bits per heavy atom. The molecule has 0 aliphatic heterocycles. The van der Waals surface area contributed by atoms with Gasteiger partial charge in [0.2, 0.25) is 0 Å². The van der Waals surface area contributed by atoms with Gasteiger partial charge in [0.05, 0.1) is 6.10 Å². The second-order valence-corrected chi connectivity index (χ2v) is 13.9. The average Bonchev–Trinajstić information content (AvgIpc) is 2.90. The highest BCUT2D eigenvalue weighted by molar-refractivity contribution is 5.50. The first-order valence-electron chi connectivity index (χ1n) is 13.6. The summed E-state index contributed by atoms with van der Waals surface area (Å²) in [5.41, 5.74) is 5.58. The van der Waals surface area contributed by atoms with Gasteiger partial charge in [0, 0.05) is 5.41 Å². The molecule has 0 spiro atoms. The van der Waals surface area contributed by atoms with E-state index in [-0.39, 0.29) is 16.9 Å². The van der Waals surface area contributed by atoms with Crippen molar-refractivity contribution in [2.24, 2.45) is 45.3 Å². The molecular formula is C31H50O. The Morgan fingerprint density at radius 3 is 2.41 bits per heavy atom. The summed E-state index contributed by atoms with van der Waals surface area (Å²) in [6.45, 7) is 23.8. The highest BCUT2D eigenvalue weighted by Gasteiger charge is 2.64. The van der Waals surface area contributed by atoms with Crippen molar-refractivity contribution in [2.45, 2.75) is 113 Å². The molecule has 0 aromatic rings. The Labute approximate surface area is 198 Å². The van der Waals surface area contributed by atoms with E-state index in [1.165, 1.54) is 31.3 Å². The van der Waals surface area contributed by atoms with Crippen molar-refractivity contribution in [1.82, 2.24) is 0 Å². The SMILES string of the molecule is C=C(CC[C@@H](C)C1[C@H](O)C[C@@]2(C)C3=CCC4C(C)(C)CCC[C@]4(C)C3=CC[C@]12C)C(C)C. The molecule has 32 heavy (non-hydrogen) atoms. The molecule has 2 fully saturated rings. The van der Waals surface area contributed by atoms with E-state index in [1.54, 1.807) is 11.1 Å². The fourth-order valence-electron chi connectivity index (χ4n) is 9.09. The van der Waals surface area contributed by atoms with Crippen molar-refractivity contribution in [2.75, 3.05) is 0 Å². The lowest BCUT2D eigenvalue weighted by Crippen LogP contribution is -2.50. The van der Waals surface area contributed by atoms with Gasteiger partial charge in [-0.05, 0) is 96.0 Å². The molecule has 7 atom stereocenters. The maximum atomic E-state index is 11.5. The van der Waals surface area contributed by atoms with Gasteiger partial charge in [-0.15, -0.1) is 0 Å². The molecule has 1 heteroatoms. The summed E-state index contributed by atoms with van der Waals surface area (Å²) in [6.07, 6.45) is 14.6. The summed E-state index contributed by atoms with van der Waals surface area (Å²) in [7, 11) is 0. The van der Waals surface area contributed by atoms with Gasteiger partial charge < -0.3 is 5.11 Å². The van der Waals surface area contributed by atoms with Crippen molar-refractivity contribution in [3.05, 3.63) is 35.5 Å². The van der Waals surface area contributed by atoms with Crippen LogP contribution in [0.1, 0.15) is 107 Å². The van der Waals surface area contributed by atoms with Crippen LogP contribution in [0.3, 0.4) is 0 Å². The minimum absolute atomic E-state index is 0.0834. The minimum Gasteiger partial charge on any atom is -0.393 e. The zero-order valence-electron chi connectivity index (χ0n) is 22.4. The van der Waals surface area contributed by atoms with Crippen molar-refractivity contribution >= 4 is 0 Å². The predicted octanol–water partition coefficient (Wildman–Crippen LogP) is 8.50. The van der Waals surface area contributed by atoms with Gasteiger partial charge >= 0.3 is 0 Å². The summed E-state index contributed by atoms with van der Waals surface area (Å²) in [4.78, 5) is 0. The fourth-order valence-corrected chi connectivity index (χ4v) is 9.09. The van der Waals surface area contributed by atoms with Crippen LogP contribution in [0.5, 0.6) is 0 Å². The van der Waals surface area contributed by atoms with Gasteiger partial charge in [-0.25, -0.2) is 0 Å². The number of aliphatic hydroxyl groups is 1. The van der Waals surface area contributed by atoms with Crippen LogP contribution in [0, 0.1) is 45.3 Å². The van der Waals surface area contributed by atoms with E-state index in [2.05, 4.69) is 74.1 Å². The van der Waals surface area contributed by atoms with Crippen LogP contribution < -0.4 is 0 Å². The molecule has 0 saturated heterocycles. The van der Waals surface area contributed by atoms with Gasteiger partial charge in [-0.2, -0.15) is 0 Å². The molecule has 2 saturated carbocycles. The van der Waals surface area contributed by atoms with E-state index in [4.69, 9.17) is 0 Å². The standard InChI is InChI=1S/C31H50O/c1-20(2)21(3)11-12-22(4)27-25(32)19-31(9)24-13-14-26-28(5,6)16-10-17-29(26,7)23(24)15-18-30(27,31)8/h13,15,20,22,25-27,32H,3,10-12,14,16-19H2,1-2,4-9H3/t22-,25-,26?,27?,29-,30-,31+/m1/s1. The summed E-state index contributed by atoms with van der Waals surface area (Å²) in [5.74, 6) is 2.18. The van der Waals surface area contributed by atoms with E-state index < -0.39 is 0 Å². The Balaban J connectivity index is 1.67. The van der Waals surface area contributed by atoms with Crippen LogP contribution in [0.2, 0.25) is 0 Å². The number of fused-ring (bicyclic) bond motifs is 5. The third-order valence-corrected chi connectivity index (χ3v) is 11.4. The second-order valence-electron chi connectivity index (χ2n) is 13.9. The first-order chi connectivity index (χ1) is 14.8. The smallest absolute Gasteiger partial charge is 0.0585 e. The Bertz CT molecular complexity index is 827. The first-order valence-corrected chi connectivity index (χ1v) is 13.6. The lowest BCUT2D eigenvalue weighted by Gasteiger charge is -2.60. The normalized spacial score (nSPS) is 43.6. The number of hydrogen-bond acceptors (Lipinski definition) is 1. The molecule has 1 nitrogen and oxygen atoms in total. The summed E-state index contributed by atoms with van der Waals surface area (Å²) in [5, 5.41) is 11.5. The van der Waals surface area contributed by atoms with Crippen LogP contribution in [-0.2, 0) is 0 Å². The summed E-state index contributed by atoms with van der Waals surface area (Å²) >= 11 is 0. The molecule has 2 unspecified atom stereocenters. The monoisotopic (exact) mass is 438 g/mol. The molecule has 180 valence electrons. The van der Waals surface area contributed by atoms with E-state index in [1.807, 2.05) is 0 Å². The van der Waals surface area contributed by atoms with Crippen LogP contribution in [-0.4, -0.2) is 11.2 Å². The maximum absolute atomic E-state index is 11.5. The molecular weight excluding hydrogens is 388 g/mol. The quantitative estimate of drug-likeness (QED) is 0.426. The number of allylic oxidation sites excluding steroid dienone is 5. The number of hydrogen-bond donors (Lipinski definition) is 1. The molecule has 4 aliphatic rings. The van der Waals surface area contributed by atoms with Crippen molar-refractivity contribution < 1.29 is 5.11 Å². The van der Waals surface area contributed by atoms with Gasteiger partial charge in [-0.1, -0.05) is 86.1 Å². The zero-order valence-corrected chi connectivity index (χ0v) is 22.4. The van der Waals surface area contributed by atoms with E-state index in [0.717, 1.165) is 31.6 Å². The van der Waals surface area contributed by atoms with Crippen molar-refractivity contribution in [1.29, 1.82) is 0 Å². The fraction of sp³-hybridized carbons (Fsp3) is 0.806. The van der Waals surface area contributed by atoms with Crippen molar-refractivity contribution in [3.8, 4) is 0 Å². The molecule has 4 aliphatic carbocycles. The Kier molecular flexibility index (Phi) is 5.97. The van der Waals surface area contributed by atoms with E-state index >= 15 is 0 Å². The van der Waals surface area contributed by atoms with Gasteiger partial charge in [0.15, 0.2) is 0 Å². The minimum atomic E-state index is -0.200. The van der Waals surface area contributed by atoms with E-state index in [0.29, 0.717) is 28.6 Å². The maximum Gasteiger partial charge on any atom is 0.0585 e. The zero-order chi connectivity index (χ0) is 23.7. The van der Waals surface area contributed by atoms with Crippen LogP contribution in [0.4, 0.5) is 0 Å². The average molecular weight is 439 g/mol. The summed E-state index contributed by atoms with van der Waals surface area (Å²) < 4.78 is 0. The highest BCUT2D eigenvalue weighted by atomic mass is 16.3. The molecule has 0 bridgehead atoms. The molecule has 0 radical (unpaired) electrons. The second kappa shape index (κ2) is 7.86. The molecule has 4 rings (SSSR count). The highest BCUT2D eigenvalue weighted by Crippen LogP contribution is 2.71. The van der Waals surface area contributed by atoms with Gasteiger partial charge in [-0.3, -0.25) is 0 Å². The topological polar surface area (TPSA) is 20.2 Å². The van der Waals surface area contributed by atoms with Gasteiger partial charge in [0.25, 0.3) is 0 Å². The number of aliphatic hydroxyl groups excluding tert-OH is 1. The van der Waals surface area contributed by atoms with Crippen LogP contribution in [0.25, 0.3) is 0 Å². The van der Waals surface area contributed by atoms with Gasteiger partial charge in [0.1, 0.15) is 0 Å². The van der Waals surface area contributed by atoms with Crippen LogP contribution >= 0.6 is 0 Å². The summed E-state index contributed by atoms with van der Waals surface area (Å²) in [6, 6.07) is 0. The Morgan fingerprint density at radius 2 is 1.75 bits per heavy atom. The largest absolute Gasteiger partial charge is 0.393 e.